The highest BCUT2D eigenvalue weighted by molar-refractivity contribution is 8.00. The molecule has 1 rings (SSSR count). The Hall–Kier alpha value is -1.73. The van der Waals surface area contributed by atoms with Gasteiger partial charge in [0.05, 0.1) is 10.8 Å². The summed E-state index contributed by atoms with van der Waals surface area (Å²) in [5, 5.41) is 20.3. The van der Waals surface area contributed by atoms with E-state index in [4.69, 9.17) is 21.8 Å². The first kappa shape index (κ1) is 17.3. The van der Waals surface area contributed by atoms with Crippen molar-refractivity contribution in [2.75, 3.05) is 5.75 Å². The van der Waals surface area contributed by atoms with Crippen LogP contribution in [0.2, 0.25) is 5.02 Å². The minimum Gasteiger partial charge on any atom is -0.481 e. The highest BCUT2D eigenvalue weighted by Crippen LogP contribution is 2.26. The van der Waals surface area contributed by atoms with Gasteiger partial charge in [0, 0.05) is 11.3 Å². The summed E-state index contributed by atoms with van der Waals surface area (Å²) in [4.78, 5) is 33.8. The number of benzene rings is 1. The third kappa shape index (κ3) is 6.50. The lowest BCUT2D eigenvalue weighted by molar-refractivity contribution is -0.142. The number of hydrogen-bond donors (Lipinski definition) is 3. The number of carboxylic acids is 2. The second-order valence-electron chi connectivity index (χ2n) is 4.11. The minimum absolute atomic E-state index is 0.000580. The fourth-order valence-corrected chi connectivity index (χ4v) is 2.52. The summed E-state index contributed by atoms with van der Waals surface area (Å²) < 4.78 is 0. The summed E-state index contributed by atoms with van der Waals surface area (Å²) >= 11 is 7.12. The topological polar surface area (TPSA) is 104 Å². The smallest absolute Gasteiger partial charge is 0.326 e. The Morgan fingerprint density at radius 2 is 1.90 bits per heavy atom. The van der Waals surface area contributed by atoms with E-state index in [2.05, 4.69) is 5.32 Å². The molecule has 6 nitrogen and oxygen atoms in total. The second kappa shape index (κ2) is 8.53. The van der Waals surface area contributed by atoms with Gasteiger partial charge in [-0.25, -0.2) is 4.79 Å². The number of carbonyl (C=O) groups is 3. The number of amides is 1. The Labute approximate surface area is 130 Å². The number of nitrogens with one attached hydrogen (secondary N) is 1. The first-order chi connectivity index (χ1) is 9.90. The van der Waals surface area contributed by atoms with E-state index >= 15 is 0 Å². The molecule has 114 valence electrons. The second-order valence-corrected chi connectivity index (χ2v) is 5.53. The summed E-state index contributed by atoms with van der Waals surface area (Å²) in [5.41, 5.74) is 0. The van der Waals surface area contributed by atoms with Gasteiger partial charge in [-0.1, -0.05) is 23.7 Å². The maximum absolute atomic E-state index is 11.7. The molecule has 1 atom stereocenters. The molecular weight excluding hydrogens is 318 g/mol. The number of carboxylic acid groups (broad SMARTS) is 2. The quantitative estimate of drug-likeness (QED) is 0.628. The summed E-state index contributed by atoms with van der Waals surface area (Å²) in [6, 6.07) is 5.77. The van der Waals surface area contributed by atoms with E-state index in [0.717, 1.165) is 0 Å². The highest BCUT2D eigenvalue weighted by atomic mass is 35.5. The predicted molar refractivity (Wildman–Crippen MR) is 78.6 cm³/mol. The van der Waals surface area contributed by atoms with Crippen LogP contribution in [0.5, 0.6) is 0 Å². The number of carbonyl (C=O) groups excluding carboxylic acids is 1. The minimum atomic E-state index is -1.26. The van der Waals surface area contributed by atoms with E-state index in [1.54, 1.807) is 24.3 Å². The molecule has 0 heterocycles. The Morgan fingerprint density at radius 3 is 2.48 bits per heavy atom. The van der Waals surface area contributed by atoms with E-state index in [1.807, 2.05) is 0 Å². The average Bonchev–Trinajstić information content (AvgIpc) is 2.42. The third-order valence-electron chi connectivity index (χ3n) is 2.48. The van der Waals surface area contributed by atoms with Gasteiger partial charge in [0.15, 0.2) is 0 Å². The predicted octanol–water partition coefficient (Wildman–Crippen LogP) is 1.87. The van der Waals surface area contributed by atoms with Crippen LogP contribution in [0.15, 0.2) is 29.2 Å². The van der Waals surface area contributed by atoms with Crippen LogP contribution in [0.3, 0.4) is 0 Å². The molecule has 0 fully saturated rings. The largest absolute Gasteiger partial charge is 0.481 e. The number of halogens is 1. The molecule has 0 aliphatic rings. The molecule has 0 radical (unpaired) electrons. The molecule has 0 unspecified atom stereocenters. The number of rotatable bonds is 8. The maximum Gasteiger partial charge on any atom is 0.326 e. The molecule has 3 N–H and O–H groups in total. The molecule has 0 spiro atoms. The fourth-order valence-electron chi connectivity index (χ4n) is 1.47. The molecule has 21 heavy (non-hydrogen) atoms. The molecule has 8 heteroatoms. The van der Waals surface area contributed by atoms with Crippen LogP contribution in [0.1, 0.15) is 12.8 Å². The normalized spacial score (nSPS) is 11.7. The van der Waals surface area contributed by atoms with E-state index < -0.39 is 23.9 Å². The van der Waals surface area contributed by atoms with Gasteiger partial charge in [-0.05, 0) is 18.6 Å². The van der Waals surface area contributed by atoms with Crippen molar-refractivity contribution in [2.24, 2.45) is 0 Å². The SMILES string of the molecule is O=C(O)CC[C@H](NC(=O)CSc1ccccc1Cl)C(=O)O. The zero-order chi connectivity index (χ0) is 15.8. The Kier molecular flexibility index (Phi) is 7.04. The average molecular weight is 332 g/mol. The lowest BCUT2D eigenvalue weighted by Crippen LogP contribution is -2.41. The molecule has 0 aliphatic carbocycles. The fraction of sp³-hybridized carbons (Fsp3) is 0.308. The highest BCUT2D eigenvalue weighted by Gasteiger charge is 2.20. The third-order valence-corrected chi connectivity index (χ3v) is 3.99. The Morgan fingerprint density at radius 1 is 1.24 bits per heavy atom. The lowest BCUT2D eigenvalue weighted by atomic mass is 10.1. The molecule has 0 bridgehead atoms. The van der Waals surface area contributed by atoms with E-state index in [1.165, 1.54) is 11.8 Å². The van der Waals surface area contributed by atoms with Gasteiger partial charge in [0.25, 0.3) is 0 Å². The lowest BCUT2D eigenvalue weighted by Gasteiger charge is -2.13. The number of thioether (sulfide) groups is 1. The summed E-state index contributed by atoms with van der Waals surface area (Å²) in [6.07, 6.45) is -0.484. The van der Waals surface area contributed by atoms with Crippen molar-refractivity contribution in [3.63, 3.8) is 0 Å². The van der Waals surface area contributed by atoms with Crippen molar-refractivity contribution < 1.29 is 24.6 Å². The van der Waals surface area contributed by atoms with Crippen LogP contribution >= 0.6 is 23.4 Å². The van der Waals surface area contributed by atoms with Crippen LogP contribution < -0.4 is 5.32 Å². The molecular formula is C13H14ClNO5S. The molecule has 0 saturated heterocycles. The Bertz CT molecular complexity index is 537. The first-order valence-electron chi connectivity index (χ1n) is 6.01. The summed E-state index contributed by atoms with van der Waals surface area (Å²) in [7, 11) is 0. The Balaban J connectivity index is 2.49. The molecule has 1 aromatic carbocycles. The summed E-state index contributed by atoms with van der Waals surface area (Å²) in [6.45, 7) is 0. The number of aliphatic carboxylic acids is 2. The molecule has 1 aromatic rings. The van der Waals surface area contributed by atoms with Crippen LogP contribution in [0.25, 0.3) is 0 Å². The van der Waals surface area contributed by atoms with Crippen LogP contribution in [0.4, 0.5) is 0 Å². The van der Waals surface area contributed by atoms with Crippen LogP contribution in [0, 0.1) is 0 Å². The van der Waals surface area contributed by atoms with Crippen molar-refractivity contribution in [1.29, 1.82) is 0 Å². The van der Waals surface area contributed by atoms with Gasteiger partial charge in [0.2, 0.25) is 5.91 Å². The molecule has 0 aliphatic heterocycles. The zero-order valence-corrected chi connectivity index (χ0v) is 12.5. The van der Waals surface area contributed by atoms with Crippen molar-refractivity contribution in [1.82, 2.24) is 5.32 Å². The van der Waals surface area contributed by atoms with Crippen LogP contribution in [-0.4, -0.2) is 39.9 Å². The summed E-state index contributed by atoms with van der Waals surface area (Å²) in [5.74, 6) is -2.85. The standard InChI is InChI=1S/C13H14ClNO5S/c14-8-3-1-2-4-10(8)21-7-11(16)15-9(13(19)20)5-6-12(17)18/h1-4,9H,5-7H2,(H,15,16)(H,17,18)(H,19,20)/t9-/m0/s1. The van der Waals surface area contributed by atoms with Crippen molar-refractivity contribution in [3.05, 3.63) is 29.3 Å². The maximum atomic E-state index is 11.7. The van der Waals surface area contributed by atoms with Gasteiger partial charge in [-0.15, -0.1) is 11.8 Å². The first-order valence-corrected chi connectivity index (χ1v) is 7.37. The van der Waals surface area contributed by atoms with E-state index in [-0.39, 0.29) is 18.6 Å². The monoisotopic (exact) mass is 331 g/mol. The zero-order valence-electron chi connectivity index (χ0n) is 10.9. The van der Waals surface area contributed by atoms with Gasteiger partial charge >= 0.3 is 11.9 Å². The van der Waals surface area contributed by atoms with Gasteiger partial charge < -0.3 is 15.5 Å². The van der Waals surface area contributed by atoms with E-state index in [9.17, 15) is 14.4 Å². The molecule has 0 saturated carbocycles. The molecule has 1 amide bonds. The van der Waals surface area contributed by atoms with Gasteiger partial charge in [-0.3, -0.25) is 9.59 Å². The van der Waals surface area contributed by atoms with Gasteiger partial charge in [0.1, 0.15) is 6.04 Å². The number of hydrogen-bond acceptors (Lipinski definition) is 4. The van der Waals surface area contributed by atoms with Crippen molar-refractivity contribution in [2.45, 2.75) is 23.8 Å². The van der Waals surface area contributed by atoms with Gasteiger partial charge in [-0.2, -0.15) is 0 Å². The van der Waals surface area contributed by atoms with Crippen LogP contribution in [-0.2, 0) is 14.4 Å². The van der Waals surface area contributed by atoms with Crippen molar-refractivity contribution in [3.8, 4) is 0 Å². The van der Waals surface area contributed by atoms with Crippen molar-refractivity contribution >= 4 is 41.2 Å². The molecule has 0 aromatic heterocycles. The van der Waals surface area contributed by atoms with E-state index in [0.29, 0.717) is 9.92 Å².